The molecule has 0 aromatic heterocycles. The van der Waals surface area contributed by atoms with E-state index < -0.39 is 0 Å². The highest BCUT2D eigenvalue weighted by molar-refractivity contribution is 5.79. The Morgan fingerprint density at radius 2 is 2.29 bits per heavy atom. The maximum absolute atomic E-state index is 12.3. The highest BCUT2D eigenvalue weighted by atomic mass is 16.2. The van der Waals surface area contributed by atoms with Crippen LogP contribution in [0.2, 0.25) is 0 Å². The molecular formula is C13H27N3O. The van der Waals surface area contributed by atoms with Crippen molar-refractivity contribution in [2.75, 3.05) is 40.8 Å². The first-order valence-electron chi connectivity index (χ1n) is 6.70. The van der Waals surface area contributed by atoms with Gasteiger partial charge in [-0.2, -0.15) is 0 Å². The average molecular weight is 241 g/mol. The van der Waals surface area contributed by atoms with Crippen molar-refractivity contribution in [3.05, 3.63) is 0 Å². The van der Waals surface area contributed by atoms with E-state index in [-0.39, 0.29) is 5.92 Å². The minimum absolute atomic E-state index is 0.122. The predicted molar refractivity (Wildman–Crippen MR) is 71.0 cm³/mol. The summed E-state index contributed by atoms with van der Waals surface area (Å²) in [5.74, 6) is 0.416. The van der Waals surface area contributed by atoms with Crippen molar-refractivity contribution in [1.82, 2.24) is 15.1 Å². The van der Waals surface area contributed by atoms with Crippen LogP contribution in [0.5, 0.6) is 0 Å². The summed E-state index contributed by atoms with van der Waals surface area (Å²) in [6, 6.07) is 0.396. The van der Waals surface area contributed by atoms with Crippen molar-refractivity contribution in [1.29, 1.82) is 0 Å². The maximum atomic E-state index is 12.3. The van der Waals surface area contributed by atoms with Gasteiger partial charge in [0.15, 0.2) is 0 Å². The molecule has 0 saturated carbocycles. The minimum atomic E-state index is 0.122. The summed E-state index contributed by atoms with van der Waals surface area (Å²) >= 11 is 0. The van der Waals surface area contributed by atoms with Crippen molar-refractivity contribution >= 4 is 5.91 Å². The normalized spacial score (nSPS) is 23.4. The van der Waals surface area contributed by atoms with Crippen molar-refractivity contribution in [3.8, 4) is 0 Å². The molecule has 1 heterocycles. The van der Waals surface area contributed by atoms with Crippen LogP contribution in [-0.4, -0.2) is 62.5 Å². The number of hydrogen-bond acceptors (Lipinski definition) is 3. The summed E-state index contributed by atoms with van der Waals surface area (Å²) in [7, 11) is 6.00. The van der Waals surface area contributed by atoms with Crippen molar-refractivity contribution in [3.63, 3.8) is 0 Å². The van der Waals surface area contributed by atoms with Crippen LogP contribution in [0.1, 0.15) is 26.2 Å². The number of likely N-dealkylation sites (tertiary alicyclic amines) is 1. The van der Waals surface area contributed by atoms with Gasteiger partial charge in [0.2, 0.25) is 5.91 Å². The number of rotatable bonds is 5. The topological polar surface area (TPSA) is 35.6 Å². The van der Waals surface area contributed by atoms with Gasteiger partial charge >= 0.3 is 0 Å². The fraction of sp³-hybridized carbons (Fsp3) is 0.923. The second-order valence-electron chi connectivity index (χ2n) is 5.17. The van der Waals surface area contributed by atoms with Crippen LogP contribution in [0.3, 0.4) is 0 Å². The van der Waals surface area contributed by atoms with Crippen LogP contribution < -0.4 is 5.32 Å². The highest BCUT2D eigenvalue weighted by Crippen LogP contribution is 2.16. The summed E-state index contributed by atoms with van der Waals surface area (Å²) in [5.41, 5.74) is 0. The van der Waals surface area contributed by atoms with Crippen LogP contribution in [0.4, 0.5) is 0 Å². The molecule has 1 N–H and O–H groups in total. The van der Waals surface area contributed by atoms with E-state index in [1.54, 1.807) is 0 Å². The van der Waals surface area contributed by atoms with E-state index in [0.29, 0.717) is 11.9 Å². The van der Waals surface area contributed by atoms with E-state index in [1.807, 2.05) is 19.0 Å². The molecule has 1 fully saturated rings. The number of nitrogens with one attached hydrogen (secondary N) is 1. The van der Waals surface area contributed by atoms with E-state index in [1.165, 1.54) is 6.42 Å². The largest absolute Gasteiger partial charge is 0.341 e. The quantitative estimate of drug-likeness (QED) is 0.773. The van der Waals surface area contributed by atoms with Crippen LogP contribution >= 0.6 is 0 Å². The Bertz CT molecular complexity index is 245. The molecule has 1 amide bonds. The van der Waals surface area contributed by atoms with Gasteiger partial charge in [-0.25, -0.2) is 0 Å². The number of carbonyl (C=O) groups is 1. The first-order valence-corrected chi connectivity index (χ1v) is 6.70. The Labute approximate surface area is 105 Å². The highest BCUT2D eigenvalue weighted by Gasteiger charge is 2.27. The summed E-state index contributed by atoms with van der Waals surface area (Å²) in [5, 5.41) is 3.11. The fourth-order valence-corrected chi connectivity index (χ4v) is 2.58. The molecule has 0 spiro atoms. The third-order valence-electron chi connectivity index (χ3n) is 3.79. The smallest absolute Gasteiger partial charge is 0.226 e. The Balaban J connectivity index is 2.54. The molecule has 4 heteroatoms. The van der Waals surface area contributed by atoms with E-state index in [2.05, 4.69) is 24.2 Å². The Morgan fingerprint density at radius 3 is 2.82 bits per heavy atom. The number of piperidine rings is 1. The Kier molecular flexibility index (Phi) is 5.92. The molecule has 0 bridgehead atoms. The number of nitrogens with zero attached hydrogens (tertiary/aromatic N) is 2. The zero-order valence-electron chi connectivity index (χ0n) is 11.7. The van der Waals surface area contributed by atoms with Crippen LogP contribution in [-0.2, 0) is 4.79 Å². The summed E-state index contributed by atoms with van der Waals surface area (Å²) in [6.45, 7) is 5.04. The second-order valence-corrected chi connectivity index (χ2v) is 5.17. The van der Waals surface area contributed by atoms with Gasteiger partial charge < -0.3 is 15.1 Å². The van der Waals surface area contributed by atoms with E-state index in [9.17, 15) is 4.79 Å². The molecule has 17 heavy (non-hydrogen) atoms. The lowest BCUT2D eigenvalue weighted by atomic mass is 10.0. The second kappa shape index (κ2) is 6.97. The van der Waals surface area contributed by atoms with Crippen molar-refractivity contribution < 1.29 is 4.79 Å². The van der Waals surface area contributed by atoms with Gasteiger partial charge in [-0.1, -0.05) is 6.92 Å². The molecule has 2 atom stereocenters. The van der Waals surface area contributed by atoms with Gasteiger partial charge in [-0.3, -0.25) is 4.79 Å². The van der Waals surface area contributed by atoms with Gasteiger partial charge in [0, 0.05) is 26.2 Å². The van der Waals surface area contributed by atoms with E-state index in [4.69, 9.17) is 0 Å². The van der Waals surface area contributed by atoms with Gasteiger partial charge in [0.25, 0.3) is 0 Å². The van der Waals surface area contributed by atoms with Gasteiger partial charge in [0.1, 0.15) is 0 Å². The zero-order valence-corrected chi connectivity index (χ0v) is 11.7. The number of likely N-dealkylation sites (N-methyl/N-ethyl adjacent to an activating group) is 2. The van der Waals surface area contributed by atoms with Gasteiger partial charge in [-0.15, -0.1) is 0 Å². The summed E-state index contributed by atoms with van der Waals surface area (Å²) < 4.78 is 0. The van der Waals surface area contributed by atoms with E-state index >= 15 is 0 Å². The lowest BCUT2D eigenvalue weighted by Crippen LogP contribution is -2.49. The monoisotopic (exact) mass is 241 g/mol. The SMILES string of the molecule is CCC(CNC)C(=O)N(C)C1CCCN(C)C1. The minimum Gasteiger partial charge on any atom is -0.341 e. The molecule has 1 aliphatic rings. The number of carbonyl (C=O) groups excluding carboxylic acids is 1. The van der Waals surface area contributed by atoms with E-state index in [0.717, 1.165) is 32.5 Å². The summed E-state index contributed by atoms with van der Waals surface area (Å²) in [4.78, 5) is 16.6. The maximum Gasteiger partial charge on any atom is 0.226 e. The standard InChI is InChI=1S/C13H27N3O/c1-5-11(9-14-2)13(17)16(4)12-7-6-8-15(3)10-12/h11-12,14H,5-10H2,1-4H3. The van der Waals surface area contributed by atoms with Crippen LogP contribution in [0.25, 0.3) is 0 Å². The molecule has 4 nitrogen and oxygen atoms in total. The number of amides is 1. The number of hydrogen-bond donors (Lipinski definition) is 1. The van der Waals surface area contributed by atoms with Crippen molar-refractivity contribution in [2.45, 2.75) is 32.2 Å². The van der Waals surface area contributed by atoms with Gasteiger partial charge in [0.05, 0.1) is 5.92 Å². The van der Waals surface area contributed by atoms with Crippen LogP contribution in [0.15, 0.2) is 0 Å². The molecule has 100 valence electrons. The molecule has 2 unspecified atom stereocenters. The molecule has 0 radical (unpaired) electrons. The third kappa shape index (κ3) is 3.96. The van der Waals surface area contributed by atoms with Crippen LogP contribution in [0, 0.1) is 5.92 Å². The molecular weight excluding hydrogens is 214 g/mol. The fourth-order valence-electron chi connectivity index (χ4n) is 2.58. The first-order chi connectivity index (χ1) is 8.10. The lowest BCUT2D eigenvalue weighted by Gasteiger charge is -2.37. The molecule has 0 aliphatic carbocycles. The lowest BCUT2D eigenvalue weighted by molar-refractivity contribution is -0.137. The zero-order chi connectivity index (χ0) is 12.8. The molecule has 0 aromatic carbocycles. The molecule has 1 saturated heterocycles. The molecule has 1 rings (SSSR count). The average Bonchev–Trinajstić information content (AvgIpc) is 2.34. The van der Waals surface area contributed by atoms with Crippen molar-refractivity contribution in [2.24, 2.45) is 5.92 Å². The Morgan fingerprint density at radius 1 is 1.59 bits per heavy atom. The first kappa shape index (κ1) is 14.5. The molecule has 0 aromatic rings. The van der Waals surface area contributed by atoms with Gasteiger partial charge in [-0.05, 0) is 39.9 Å². The third-order valence-corrected chi connectivity index (χ3v) is 3.79. The molecule has 1 aliphatic heterocycles. The summed E-state index contributed by atoms with van der Waals surface area (Å²) in [6.07, 6.45) is 3.25. The Hall–Kier alpha value is -0.610. The predicted octanol–water partition coefficient (Wildman–Crippen LogP) is 0.785.